The van der Waals surface area contributed by atoms with Gasteiger partial charge in [0, 0.05) is 32.0 Å². The summed E-state index contributed by atoms with van der Waals surface area (Å²) in [5.41, 5.74) is 2.35. The zero-order valence-corrected chi connectivity index (χ0v) is 18.4. The van der Waals surface area contributed by atoms with Crippen LogP contribution >= 0.6 is 0 Å². The second-order valence-electron chi connectivity index (χ2n) is 8.67. The van der Waals surface area contributed by atoms with Crippen LogP contribution in [0.4, 0.5) is 0 Å². The SMILES string of the molecule is CCOC(=O)C1CCCCN1C(=O)CC1CCC(=O)N1Cc1ccc(C(C)C)cc1. The molecule has 2 heterocycles. The summed E-state index contributed by atoms with van der Waals surface area (Å²) in [6, 6.07) is 7.76. The van der Waals surface area contributed by atoms with Gasteiger partial charge in [0.1, 0.15) is 6.04 Å². The van der Waals surface area contributed by atoms with E-state index in [-0.39, 0.29) is 30.2 Å². The van der Waals surface area contributed by atoms with Gasteiger partial charge in [-0.1, -0.05) is 38.1 Å². The van der Waals surface area contributed by atoms with Crippen LogP contribution in [-0.4, -0.2) is 52.8 Å². The number of carbonyl (C=O) groups is 3. The fourth-order valence-electron chi connectivity index (χ4n) is 4.46. The molecule has 2 saturated heterocycles. The maximum atomic E-state index is 13.1. The lowest BCUT2D eigenvalue weighted by Crippen LogP contribution is -2.50. The molecule has 0 bridgehead atoms. The smallest absolute Gasteiger partial charge is 0.328 e. The molecule has 6 nitrogen and oxygen atoms in total. The van der Waals surface area contributed by atoms with Crippen molar-refractivity contribution in [3.8, 4) is 0 Å². The number of benzene rings is 1. The molecule has 30 heavy (non-hydrogen) atoms. The molecule has 3 rings (SSSR count). The zero-order valence-electron chi connectivity index (χ0n) is 18.4. The van der Waals surface area contributed by atoms with Gasteiger partial charge in [0.25, 0.3) is 0 Å². The topological polar surface area (TPSA) is 66.9 Å². The summed E-state index contributed by atoms with van der Waals surface area (Å²) in [6.07, 6.45) is 3.91. The van der Waals surface area contributed by atoms with Crippen LogP contribution in [0, 0.1) is 0 Å². The van der Waals surface area contributed by atoms with E-state index in [2.05, 4.69) is 38.1 Å². The highest BCUT2D eigenvalue weighted by Gasteiger charge is 2.37. The molecule has 1 aromatic rings. The first-order valence-electron chi connectivity index (χ1n) is 11.2. The van der Waals surface area contributed by atoms with Crippen molar-refractivity contribution in [3.63, 3.8) is 0 Å². The summed E-state index contributed by atoms with van der Waals surface area (Å²) in [5, 5.41) is 0. The van der Waals surface area contributed by atoms with Crippen molar-refractivity contribution in [2.45, 2.75) is 83.8 Å². The number of likely N-dealkylation sites (tertiary alicyclic amines) is 2. The maximum absolute atomic E-state index is 13.1. The monoisotopic (exact) mass is 414 g/mol. The fraction of sp³-hybridized carbons (Fsp3) is 0.625. The summed E-state index contributed by atoms with van der Waals surface area (Å²) >= 11 is 0. The van der Waals surface area contributed by atoms with Crippen LogP contribution in [0.5, 0.6) is 0 Å². The Morgan fingerprint density at radius 2 is 1.87 bits per heavy atom. The van der Waals surface area contributed by atoms with Crippen LogP contribution < -0.4 is 0 Å². The van der Waals surface area contributed by atoms with Crippen LogP contribution in [0.1, 0.15) is 76.3 Å². The Hall–Kier alpha value is -2.37. The highest BCUT2D eigenvalue weighted by Crippen LogP contribution is 2.27. The van der Waals surface area contributed by atoms with Gasteiger partial charge in [0.05, 0.1) is 6.61 Å². The quantitative estimate of drug-likeness (QED) is 0.639. The molecule has 6 heteroatoms. The van der Waals surface area contributed by atoms with E-state index in [4.69, 9.17) is 4.74 Å². The molecule has 1 aromatic carbocycles. The molecule has 2 unspecified atom stereocenters. The molecule has 0 spiro atoms. The first kappa shape index (κ1) is 22.3. The van der Waals surface area contributed by atoms with Gasteiger partial charge >= 0.3 is 5.97 Å². The summed E-state index contributed by atoms with van der Waals surface area (Å²) in [5.74, 6) is 0.207. The number of amides is 2. The van der Waals surface area contributed by atoms with Gasteiger partial charge in [-0.3, -0.25) is 9.59 Å². The molecule has 0 saturated carbocycles. The highest BCUT2D eigenvalue weighted by molar-refractivity contribution is 5.86. The van der Waals surface area contributed by atoms with Gasteiger partial charge in [-0.15, -0.1) is 0 Å². The Bertz CT molecular complexity index is 759. The van der Waals surface area contributed by atoms with Crippen LogP contribution in [0.2, 0.25) is 0 Å². The highest BCUT2D eigenvalue weighted by atomic mass is 16.5. The first-order chi connectivity index (χ1) is 14.4. The molecule has 2 aliphatic heterocycles. The van der Waals surface area contributed by atoms with Crippen LogP contribution in [0.25, 0.3) is 0 Å². The average molecular weight is 415 g/mol. The molecule has 0 aromatic heterocycles. The fourth-order valence-corrected chi connectivity index (χ4v) is 4.46. The summed E-state index contributed by atoms with van der Waals surface area (Å²) in [6.45, 7) is 7.52. The van der Waals surface area contributed by atoms with E-state index in [1.165, 1.54) is 5.56 Å². The molecule has 0 N–H and O–H groups in total. The van der Waals surface area contributed by atoms with Gasteiger partial charge in [-0.05, 0) is 49.7 Å². The molecule has 164 valence electrons. The summed E-state index contributed by atoms with van der Waals surface area (Å²) in [4.78, 5) is 41.4. The van der Waals surface area contributed by atoms with E-state index in [9.17, 15) is 14.4 Å². The second-order valence-corrected chi connectivity index (χ2v) is 8.67. The van der Waals surface area contributed by atoms with E-state index in [1.54, 1.807) is 11.8 Å². The molecular weight excluding hydrogens is 380 g/mol. The van der Waals surface area contributed by atoms with Crippen LogP contribution in [-0.2, 0) is 25.7 Å². The minimum absolute atomic E-state index is 0.0485. The number of ether oxygens (including phenoxy) is 1. The van der Waals surface area contributed by atoms with E-state index < -0.39 is 6.04 Å². The van der Waals surface area contributed by atoms with Crippen molar-refractivity contribution in [2.75, 3.05) is 13.2 Å². The summed E-state index contributed by atoms with van der Waals surface area (Å²) in [7, 11) is 0. The van der Waals surface area contributed by atoms with Gasteiger partial charge in [-0.2, -0.15) is 0 Å². The minimum atomic E-state index is -0.486. The van der Waals surface area contributed by atoms with Crippen molar-refractivity contribution in [3.05, 3.63) is 35.4 Å². The molecule has 2 atom stereocenters. The van der Waals surface area contributed by atoms with Gasteiger partial charge in [0.15, 0.2) is 0 Å². The Labute approximate surface area is 179 Å². The Morgan fingerprint density at radius 3 is 2.53 bits per heavy atom. The minimum Gasteiger partial charge on any atom is -0.464 e. The van der Waals surface area contributed by atoms with Crippen molar-refractivity contribution in [1.29, 1.82) is 0 Å². The maximum Gasteiger partial charge on any atom is 0.328 e. The molecule has 2 amide bonds. The number of piperidine rings is 1. The third kappa shape index (κ3) is 5.21. The predicted molar refractivity (Wildman–Crippen MR) is 115 cm³/mol. The van der Waals surface area contributed by atoms with Gasteiger partial charge in [0.2, 0.25) is 11.8 Å². The van der Waals surface area contributed by atoms with E-state index in [0.29, 0.717) is 44.9 Å². The lowest BCUT2D eigenvalue weighted by molar-refractivity contribution is -0.157. The van der Waals surface area contributed by atoms with Gasteiger partial charge < -0.3 is 14.5 Å². The Morgan fingerprint density at radius 1 is 1.13 bits per heavy atom. The number of esters is 1. The largest absolute Gasteiger partial charge is 0.464 e. The molecular formula is C24H34N2O4. The molecule has 2 aliphatic rings. The van der Waals surface area contributed by atoms with Gasteiger partial charge in [-0.25, -0.2) is 4.79 Å². The van der Waals surface area contributed by atoms with Crippen molar-refractivity contribution in [2.24, 2.45) is 0 Å². The van der Waals surface area contributed by atoms with E-state index in [1.807, 2.05) is 4.90 Å². The van der Waals surface area contributed by atoms with E-state index >= 15 is 0 Å². The normalized spacial score (nSPS) is 21.9. The Kier molecular flexibility index (Phi) is 7.51. The number of hydrogen-bond acceptors (Lipinski definition) is 4. The first-order valence-corrected chi connectivity index (χ1v) is 11.2. The van der Waals surface area contributed by atoms with Crippen molar-refractivity contribution >= 4 is 17.8 Å². The van der Waals surface area contributed by atoms with Crippen LogP contribution in [0.15, 0.2) is 24.3 Å². The summed E-state index contributed by atoms with van der Waals surface area (Å²) < 4.78 is 5.18. The predicted octanol–water partition coefficient (Wildman–Crippen LogP) is 3.64. The molecule has 0 radical (unpaired) electrons. The Balaban J connectivity index is 1.65. The van der Waals surface area contributed by atoms with E-state index in [0.717, 1.165) is 18.4 Å². The zero-order chi connectivity index (χ0) is 21.7. The van der Waals surface area contributed by atoms with Crippen LogP contribution in [0.3, 0.4) is 0 Å². The lowest BCUT2D eigenvalue weighted by atomic mass is 10.00. The number of hydrogen-bond donors (Lipinski definition) is 0. The number of nitrogens with zero attached hydrogens (tertiary/aromatic N) is 2. The number of carbonyl (C=O) groups excluding carboxylic acids is 3. The standard InChI is InChI=1S/C24H34N2O4/c1-4-30-24(29)21-7-5-6-14-25(21)23(28)15-20-12-13-22(27)26(20)16-18-8-10-19(11-9-18)17(2)3/h8-11,17,20-21H,4-7,12-16H2,1-3H3. The lowest BCUT2D eigenvalue weighted by Gasteiger charge is -2.35. The second kappa shape index (κ2) is 10.1. The number of rotatable bonds is 7. The average Bonchev–Trinajstić information content (AvgIpc) is 3.07. The van der Waals surface area contributed by atoms with Crippen molar-refractivity contribution in [1.82, 2.24) is 9.80 Å². The molecule has 2 fully saturated rings. The third-order valence-corrected chi connectivity index (χ3v) is 6.24. The third-order valence-electron chi connectivity index (χ3n) is 6.24. The van der Waals surface area contributed by atoms with Crippen molar-refractivity contribution < 1.29 is 19.1 Å². The molecule has 0 aliphatic carbocycles.